The normalized spacial score (nSPS) is 11.9. The van der Waals surface area contributed by atoms with Crippen LogP contribution in [-0.4, -0.2) is 23.0 Å². The van der Waals surface area contributed by atoms with Crippen molar-refractivity contribution in [3.63, 3.8) is 0 Å². The van der Waals surface area contributed by atoms with Gasteiger partial charge in [0.1, 0.15) is 6.04 Å². The fraction of sp³-hybridized carbons (Fsp3) is 0.429. The molecule has 0 spiro atoms. The van der Waals surface area contributed by atoms with E-state index in [1.807, 2.05) is 25.1 Å². The third kappa shape index (κ3) is 5.09. The number of nitrogens with one attached hydrogen (secondary N) is 1. The molecule has 0 fully saturated rings. The highest BCUT2D eigenvalue weighted by molar-refractivity contribution is 5.88. The Morgan fingerprint density at radius 2 is 2.11 bits per heavy atom. The van der Waals surface area contributed by atoms with Gasteiger partial charge in [-0.3, -0.25) is 9.59 Å². The summed E-state index contributed by atoms with van der Waals surface area (Å²) in [5.41, 5.74) is 8.45. The number of aliphatic carboxylic acids is 1. The number of rotatable bonds is 6. The zero-order valence-corrected chi connectivity index (χ0v) is 11.3. The summed E-state index contributed by atoms with van der Waals surface area (Å²) >= 11 is 0. The number of hydrogen-bond acceptors (Lipinski definition) is 3. The molecule has 104 valence electrons. The number of nitrogens with two attached hydrogens (primary N) is 1. The summed E-state index contributed by atoms with van der Waals surface area (Å²) in [6, 6.07) is 4.92. The van der Waals surface area contributed by atoms with Gasteiger partial charge in [-0.15, -0.1) is 0 Å². The van der Waals surface area contributed by atoms with Crippen molar-refractivity contribution in [3.05, 3.63) is 29.3 Å². The molecular formula is C14H20N2O3. The van der Waals surface area contributed by atoms with Crippen molar-refractivity contribution < 1.29 is 14.7 Å². The maximum atomic E-state index is 10.9. The number of hydrogen-bond donors (Lipinski definition) is 3. The van der Waals surface area contributed by atoms with Gasteiger partial charge in [-0.2, -0.15) is 0 Å². The van der Waals surface area contributed by atoms with Crippen LogP contribution in [0.5, 0.6) is 0 Å². The molecular weight excluding hydrogens is 244 g/mol. The Morgan fingerprint density at radius 1 is 1.42 bits per heavy atom. The summed E-state index contributed by atoms with van der Waals surface area (Å²) in [5.74, 6) is -1.06. The lowest BCUT2D eigenvalue weighted by Gasteiger charge is -2.10. The molecule has 0 aliphatic heterocycles. The first-order valence-corrected chi connectivity index (χ1v) is 6.25. The quantitative estimate of drug-likeness (QED) is 0.729. The zero-order valence-electron chi connectivity index (χ0n) is 11.3. The van der Waals surface area contributed by atoms with Crippen LogP contribution in [0, 0.1) is 6.92 Å². The first-order valence-electron chi connectivity index (χ1n) is 6.25. The summed E-state index contributed by atoms with van der Waals surface area (Å²) < 4.78 is 0. The number of benzene rings is 1. The highest BCUT2D eigenvalue weighted by Gasteiger charge is 2.10. The van der Waals surface area contributed by atoms with Crippen molar-refractivity contribution in [2.75, 3.05) is 5.32 Å². The van der Waals surface area contributed by atoms with Crippen LogP contribution in [0.15, 0.2) is 18.2 Å². The third-order valence-corrected chi connectivity index (χ3v) is 2.94. The molecule has 19 heavy (non-hydrogen) atoms. The van der Waals surface area contributed by atoms with E-state index in [2.05, 4.69) is 5.32 Å². The van der Waals surface area contributed by atoms with Gasteiger partial charge in [-0.25, -0.2) is 0 Å². The molecule has 1 atom stereocenters. The minimum absolute atomic E-state index is 0.0976. The Labute approximate surface area is 112 Å². The van der Waals surface area contributed by atoms with Crippen molar-refractivity contribution in [2.45, 2.75) is 39.2 Å². The van der Waals surface area contributed by atoms with E-state index >= 15 is 0 Å². The maximum Gasteiger partial charge on any atom is 0.320 e. The topological polar surface area (TPSA) is 92.4 Å². The minimum atomic E-state index is -0.960. The molecule has 0 saturated heterocycles. The standard InChI is InChI=1S/C14H20N2O3/c1-9-8-12(16-10(2)17)7-6-11(9)4-3-5-13(15)14(18)19/h6-8,13H,3-5,15H2,1-2H3,(H,16,17)(H,18,19). The van der Waals surface area contributed by atoms with E-state index < -0.39 is 12.0 Å². The maximum absolute atomic E-state index is 10.9. The van der Waals surface area contributed by atoms with Gasteiger partial charge < -0.3 is 16.2 Å². The molecule has 5 nitrogen and oxygen atoms in total. The molecule has 1 amide bonds. The molecule has 1 rings (SSSR count). The number of carboxylic acid groups (broad SMARTS) is 1. The van der Waals surface area contributed by atoms with Crippen molar-refractivity contribution >= 4 is 17.6 Å². The van der Waals surface area contributed by atoms with E-state index in [9.17, 15) is 9.59 Å². The summed E-state index contributed by atoms with van der Waals surface area (Å²) in [4.78, 5) is 21.5. The van der Waals surface area contributed by atoms with E-state index in [4.69, 9.17) is 10.8 Å². The summed E-state index contributed by atoms with van der Waals surface area (Å²) in [5, 5.41) is 11.4. The van der Waals surface area contributed by atoms with Crippen molar-refractivity contribution in [1.82, 2.24) is 0 Å². The van der Waals surface area contributed by atoms with Gasteiger partial charge in [0.2, 0.25) is 5.91 Å². The van der Waals surface area contributed by atoms with Gasteiger partial charge in [0.05, 0.1) is 0 Å². The van der Waals surface area contributed by atoms with Gasteiger partial charge in [0, 0.05) is 12.6 Å². The Kier molecular flexibility index (Phi) is 5.51. The van der Waals surface area contributed by atoms with Gasteiger partial charge in [0.25, 0.3) is 0 Å². The third-order valence-electron chi connectivity index (χ3n) is 2.94. The molecule has 0 aromatic heterocycles. The summed E-state index contributed by atoms with van der Waals surface area (Å²) in [7, 11) is 0. The molecule has 5 heteroatoms. The molecule has 1 aromatic rings. The zero-order chi connectivity index (χ0) is 14.4. The molecule has 1 unspecified atom stereocenters. The van der Waals surface area contributed by atoms with E-state index in [-0.39, 0.29) is 5.91 Å². The van der Waals surface area contributed by atoms with Gasteiger partial charge >= 0.3 is 5.97 Å². The molecule has 0 bridgehead atoms. The monoisotopic (exact) mass is 264 g/mol. The predicted octanol–water partition coefficient (Wildman–Crippen LogP) is 1.69. The number of carbonyl (C=O) groups is 2. The van der Waals surface area contributed by atoms with Crippen molar-refractivity contribution in [3.8, 4) is 0 Å². The average molecular weight is 264 g/mol. The molecule has 0 radical (unpaired) electrons. The molecule has 4 N–H and O–H groups in total. The second-order valence-corrected chi connectivity index (χ2v) is 4.66. The van der Waals surface area contributed by atoms with Gasteiger partial charge in [-0.1, -0.05) is 6.07 Å². The van der Waals surface area contributed by atoms with Crippen LogP contribution in [0.25, 0.3) is 0 Å². The van der Waals surface area contributed by atoms with Crippen LogP contribution < -0.4 is 11.1 Å². The van der Waals surface area contributed by atoms with Crippen molar-refractivity contribution in [1.29, 1.82) is 0 Å². The number of aryl methyl sites for hydroxylation is 2. The van der Waals surface area contributed by atoms with E-state index in [0.29, 0.717) is 6.42 Å². The second-order valence-electron chi connectivity index (χ2n) is 4.66. The fourth-order valence-electron chi connectivity index (χ4n) is 1.89. The highest BCUT2D eigenvalue weighted by atomic mass is 16.4. The lowest BCUT2D eigenvalue weighted by Crippen LogP contribution is -2.29. The van der Waals surface area contributed by atoms with E-state index in [1.54, 1.807) is 0 Å². The molecule has 0 saturated carbocycles. The fourth-order valence-corrected chi connectivity index (χ4v) is 1.89. The van der Waals surface area contributed by atoms with Crippen LogP contribution in [0.1, 0.15) is 30.9 Å². The summed E-state index contributed by atoms with van der Waals surface area (Å²) in [6.45, 7) is 3.44. The van der Waals surface area contributed by atoms with Crippen LogP contribution in [0.3, 0.4) is 0 Å². The molecule has 0 aliphatic carbocycles. The van der Waals surface area contributed by atoms with E-state index in [1.165, 1.54) is 6.92 Å². The van der Waals surface area contributed by atoms with Crippen LogP contribution in [-0.2, 0) is 16.0 Å². The van der Waals surface area contributed by atoms with Crippen LogP contribution in [0.4, 0.5) is 5.69 Å². The Morgan fingerprint density at radius 3 is 2.63 bits per heavy atom. The predicted molar refractivity (Wildman–Crippen MR) is 74.0 cm³/mol. The molecule has 0 aliphatic rings. The lowest BCUT2D eigenvalue weighted by molar-refractivity contribution is -0.138. The number of carbonyl (C=O) groups excluding carboxylic acids is 1. The molecule has 1 aromatic carbocycles. The smallest absolute Gasteiger partial charge is 0.320 e. The number of anilines is 1. The SMILES string of the molecule is CC(=O)Nc1ccc(CCCC(N)C(=O)O)c(C)c1. The van der Waals surface area contributed by atoms with E-state index in [0.717, 1.165) is 29.7 Å². The second kappa shape index (κ2) is 6.89. The molecule has 0 heterocycles. The first kappa shape index (κ1) is 15.2. The minimum Gasteiger partial charge on any atom is -0.480 e. The Balaban J connectivity index is 2.55. The van der Waals surface area contributed by atoms with Crippen LogP contribution >= 0.6 is 0 Å². The summed E-state index contributed by atoms with van der Waals surface area (Å²) in [6.07, 6.45) is 1.98. The number of amides is 1. The van der Waals surface area contributed by atoms with Crippen LogP contribution in [0.2, 0.25) is 0 Å². The van der Waals surface area contributed by atoms with Gasteiger partial charge in [-0.05, 0) is 49.4 Å². The first-order chi connectivity index (χ1) is 8.90. The Hall–Kier alpha value is -1.88. The number of carboxylic acids is 1. The van der Waals surface area contributed by atoms with Gasteiger partial charge in [0.15, 0.2) is 0 Å². The lowest BCUT2D eigenvalue weighted by atomic mass is 10.0. The highest BCUT2D eigenvalue weighted by Crippen LogP contribution is 2.17. The largest absolute Gasteiger partial charge is 0.480 e. The Bertz CT molecular complexity index is 472. The van der Waals surface area contributed by atoms with Crippen molar-refractivity contribution in [2.24, 2.45) is 5.73 Å². The average Bonchev–Trinajstić information content (AvgIpc) is 2.30.